The highest BCUT2D eigenvalue weighted by atomic mass is 16.4. The van der Waals surface area contributed by atoms with Crippen molar-refractivity contribution in [1.29, 1.82) is 0 Å². The lowest BCUT2D eigenvalue weighted by Gasteiger charge is -2.12. The molecule has 19 heavy (non-hydrogen) atoms. The molecule has 5 nitrogen and oxygen atoms in total. The molecule has 1 N–H and O–H groups in total. The van der Waals surface area contributed by atoms with Crippen molar-refractivity contribution in [2.24, 2.45) is 0 Å². The van der Waals surface area contributed by atoms with Crippen LogP contribution in [0.4, 0.5) is 5.82 Å². The number of carbonyl (C=O) groups is 1. The zero-order valence-electron chi connectivity index (χ0n) is 10.5. The lowest BCUT2D eigenvalue weighted by Crippen LogP contribution is -2.18. The Balaban J connectivity index is 2.05. The minimum atomic E-state index is -0.957. The van der Waals surface area contributed by atoms with E-state index >= 15 is 0 Å². The normalized spacial score (nSPS) is 14.8. The van der Waals surface area contributed by atoms with E-state index in [1.165, 1.54) is 4.68 Å². The van der Waals surface area contributed by atoms with Crippen molar-refractivity contribution in [1.82, 2.24) is 9.78 Å². The quantitative estimate of drug-likeness (QED) is 0.915. The number of carboxylic acids is 1. The van der Waals surface area contributed by atoms with Crippen LogP contribution in [0.5, 0.6) is 0 Å². The van der Waals surface area contributed by atoms with Crippen LogP contribution in [0.1, 0.15) is 23.3 Å². The third kappa shape index (κ3) is 2.19. The summed E-state index contributed by atoms with van der Waals surface area (Å²) in [6, 6.07) is 11.0. The summed E-state index contributed by atoms with van der Waals surface area (Å²) in [5, 5.41) is 13.7. The van der Waals surface area contributed by atoms with Gasteiger partial charge in [0.15, 0.2) is 11.5 Å². The lowest BCUT2D eigenvalue weighted by molar-refractivity contribution is 0.0687. The van der Waals surface area contributed by atoms with Gasteiger partial charge < -0.3 is 10.0 Å². The molecule has 0 unspecified atom stereocenters. The average Bonchev–Trinajstić information content (AvgIpc) is 3.08. The Bertz CT molecular complexity index is 586. The zero-order valence-corrected chi connectivity index (χ0v) is 10.5. The molecule has 0 amide bonds. The van der Waals surface area contributed by atoms with Crippen molar-refractivity contribution in [3.8, 4) is 5.69 Å². The molecule has 1 saturated heterocycles. The lowest BCUT2D eigenvalue weighted by atomic mass is 10.3. The number of aromatic nitrogens is 2. The number of rotatable bonds is 3. The largest absolute Gasteiger partial charge is 0.477 e. The highest BCUT2D eigenvalue weighted by molar-refractivity contribution is 5.87. The summed E-state index contributed by atoms with van der Waals surface area (Å²) in [6.45, 7) is 1.90. The molecule has 1 aliphatic heterocycles. The highest BCUT2D eigenvalue weighted by Gasteiger charge is 2.21. The Hall–Kier alpha value is -2.30. The Labute approximate surface area is 111 Å². The van der Waals surface area contributed by atoms with Gasteiger partial charge in [-0.1, -0.05) is 18.2 Å². The second-order valence-corrected chi connectivity index (χ2v) is 4.63. The van der Waals surface area contributed by atoms with Crippen molar-refractivity contribution < 1.29 is 9.90 Å². The monoisotopic (exact) mass is 257 g/mol. The van der Waals surface area contributed by atoms with E-state index in [2.05, 4.69) is 10.00 Å². The van der Waals surface area contributed by atoms with Gasteiger partial charge in [-0.3, -0.25) is 0 Å². The van der Waals surface area contributed by atoms with E-state index in [-0.39, 0.29) is 5.69 Å². The number of anilines is 1. The Kier molecular flexibility index (Phi) is 2.95. The number of hydrogen-bond acceptors (Lipinski definition) is 3. The van der Waals surface area contributed by atoms with Crippen LogP contribution in [0.3, 0.4) is 0 Å². The van der Waals surface area contributed by atoms with E-state index < -0.39 is 5.97 Å². The summed E-state index contributed by atoms with van der Waals surface area (Å²) in [5.41, 5.74) is 0.971. The maximum absolute atomic E-state index is 11.3. The molecule has 5 heteroatoms. The summed E-state index contributed by atoms with van der Waals surface area (Å²) in [5.74, 6) is -0.208. The number of carboxylic acid groups (broad SMARTS) is 1. The molecule has 0 radical (unpaired) electrons. The molecule has 0 spiro atoms. The van der Waals surface area contributed by atoms with E-state index in [1.54, 1.807) is 6.07 Å². The molecule has 98 valence electrons. The second kappa shape index (κ2) is 4.76. The van der Waals surface area contributed by atoms with Crippen molar-refractivity contribution in [2.75, 3.05) is 18.0 Å². The van der Waals surface area contributed by atoms with Crippen LogP contribution in [0.2, 0.25) is 0 Å². The molecule has 0 saturated carbocycles. The molecule has 1 aliphatic rings. The molecule has 0 bridgehead atoms. The number of para-hydroxylation sites is 1. The fraction of sp³-hybridized carbons (Fsp3) is 0.286. The minimum Gasteiger partial charge on any atom is -0.477 e. The predicted octanol–water partition coefficient (Wildman–Crippen LogP) is 2.17. The molecule has 0 aliphatic carbocycles. The van der Waals surface area contributed by atoms with Crippen LogP contribution in [0.25, 0.3) is 5.69 Å². The topological polar surface area (TPSA) is 58.4 Å². The average molecular weight is 257 g/mol. The number of benzene rings is 1. The molecular formula is C14H15N3O2. The summed E-state index contributed by atoms with van der Waals surface area (Å²) in [7, 11) is 0. The van der Waals surface area contributed by atoms with Crippen LogP contribution >= 0.6 is 0 Å². The van der Waals surface area contributed by atoms with Gasteiger partial charge in [0.25, 0.3) is 0 Å². The summed E-state index contributed by atoms with van der Waals surface area (Å²) in [4.78, 5) is 13.5. The molecule has 1 aromatic heterocycles. The third-order valence-electron chi connectivity index (χ3n) is 3.35. The second-order valence-electron chi connectivity index (χ2n) is 4.63. The van der Waals surface area contributed by atoms with Crippen molar-refractivity contribution in [3.05, 3.63) is 42.1 Å². The van der Waals surface area contributed by atoms with E-state index in [0.29, 0.717) is 0 Å². The zero-order chi connectivity index (χ0) is 13.2. The Morgan fingerprint density at radius 1 is 1.16 bits per heavy atom. The van der Waals surface area contributed by atoms with Gasteiger partial charge in [0.2, 0.25) is 0 Å². The maximum atomic E-state index is 11.3. The molecule has 2 heterocycles. The van der Waals surface area contributed by atoms with Crippen LogP contribution < -0.4 is 4.90 Å². The number of hydrogen-bond donors (Lipinski definition) is 1. The number of aromatic carboxylic acids is 1. The van der Waals surface area contributed by atoms with E-state index in [1.807, 2.05) is 30.3 Å². The Morgan fingerprint density at radius 2 is 1.84 bits per heavy atom. The van der Waals surface area contributed by atoms with Gasteiger partial charge in [0, 0.05) is 19.2 Å². The van der Waals surface area contributed by atoms with Crippen molar-refractivity contribution >= 4 is 11.8 Å². The molecule has 1 fully saturated rings. The van der Waals surface area contributed by atoms with Crippen molar-refractivity contribution in [3.63, 3.8) is 0 Å². The third-order valence-corrected chi connectivity index (χ3v) is 3.35. The van der Waals surface area contributed by atoms with Gasteiger partial charge in [-0.15, -0.1) is 5.10 Å². The van der Waals surface area contributed by atoms with Crippen LogP contribution in [-0.4, -0.2) is 33.9 Å². The fourth-order valence-electron chi connectivity index (χ4n) is 2.39. The smallest absolute Gasteiger partial charge is 0.354 e. The van der Waals surface area contributed by atoms with Crippen LogP contribution in [0, 0.1) is 0 Å². The molecule has 3 rings (SSSR count). The van der Waals surface area contributed by atoms with E-state index in [9.17, 15) is 9.90 Å². The summed E-state index contributed by atoms with van der Waals surface area (Å²) < 4.78 is 1.50. The first-order valence-corrected chi connectivity index (χ1v) is 6.39. The predicted molar refractivity (Wildman–Crippen MR) is 72.0 cm³/mol. The molecular weight excluding hydrogens is 242 g/mol. The van der Waals surface area contributed by atoms with Gasteiger partial charge in [0.1, 0.15) is 0 Å². The van der Waals surface area contributed by atoms with Gasteiger partial charge in [-0.25, -0.2) is 9.48 Å². The first-order valence-electron chi connectivity index (χ1n) is 6.39. The van der Waals surface area contributed by atoms with Gasteiger partial charge >= 0.3 is 5.97 Å². The van der Waals surface area contributed by atoms with Crippen LogP contribution in [-0.2, 0) is 0 Å². The number of nitrogens with zero attached hydrogens (tertiary/aromatic N) is 3. The molecule has 2 aromatic rings. The first-order chi connectivity index (χ1) is 9.25. The first kappa shape index (κ1) is 11.8. The molecule has 0 atom stereocenters. The SMILES string of the molecule is O=C(O)c1cc(N2CCCC2)nn1-c1ccccc1. The molecule has 1 aromatic carbocycles. The van der Waals surface area contributed by atoms with Crippen LogP contribution in [0.15, 0.2) is 36.4 Å². The standard InChI is InChI=1S/C14H15N3O2/c18-14(19)12-10-13(16-8-4-5-9-16)15-17(12)11-6-2-1-3-7-11/h1-3,6-7,10H,4-5,8-9H2,(H,18,19). The maximum Gasteiger partial charge on any atom is 0.354 e. The summed E-state index contributed by atoms with van der Waals surface area (Å²) >= 11 is 0. The van der Waals surface area contributed by atoms with Gasteiger partial charge in [0.05, 0.1) is 5.69 Å². The van der Waals surface area contributed by atoms with Gasteiger partial charge in [-0.2, -0.15) is 0 Å². The van der Waals surface area contributed by atoms with E-state index in [0.717, 1.165) is 37.4 Å². The minimum absolute atomic E-state index is 0.202. The summed E-state index contributed by atoms with van der Waals surface area (Å²) in [6.07, 6.45) is 2.28. The van der Waals surface area contributed by atoms with Crippen molar-refractivity contribution in [2.45, 2.75) is 12.8 Å². The van der Waals surface area contributed by atoms with Gasteiger partial charge in [-0.05, 0) is 25.0 Å². The Morgan fingerprint density at radius 3 is 2.47 bits per heavy atom. The van der Waals surface area contributed by atoms with E-state index in [4.69, 9.17) is 0 Å². The highest BCUT2D eigenvalue weighted by Crippen LogP contribution is 2.22. The fourth-order valence-corrected chi connectivity index (χ4v) is 2.39.